The number of aromatic nitrogens is 4. The summed E-state index contributed by atoms with van der Waals surface area (Å²) in [6.45, 7) is 1.60. The second-order valence-corrected chi connectivity index (χ2v) is 7.14. The van der Waals surface area contributed by atoms with Gasteiger partial charge in [-0.1, -0.05) is 12.1 Å². The number of hydrogen-bond donors (Lipinski definition) is 3. The van der Waals surface area contributed by atoms with Crippen LogP contribution in [-0.2, 0) is 17.5 Å². The van der Waals surface area contributed by atoms with Crippen molar-refractivity contribution in [3.8, 4) is 0 Å². The average molecular weight is 437 g/mol. The smallest absolute Gasteiger partial charge is 0.388 e. The lowest BCUT2D eigenvalue weighted by atomic mass is 10.1. The van der Waals surface area contributed by atoms with Crippen molar-refractivity contribution in [2.45, 2.75) is 44.2 Å². The molecule has 0 radical (unpaired) electrons. The fourth-order valence-corrected chi connectivity index (χ4v) is 3.34. The van der Waals surface area contributed by atoms with Gasteiger partial charge in [0.2, 0.25) is 0 Å². The molecule has 0 unspecified atom stereocenters. The van der Waals surface area contributed by atoms with Crippen molar-refractivity contribution in [3.63, 3.8) is 0 Å². The van der Waals surface area contributed by atoms with E-state index in [4.69, 9.17) is 4.74 Å². The molecule has 3 N–H and O–H groups in total. The van der Waals surface area contributed by atoms with Gasteiger partial charge in [0.1, 0.15) is 24.1 Å². The van der Waals surface area contributed by atoms with E-state index < -0.39 is 42.2 Å². The lowest BCUT2D eigenvalue weighted by Crippen LogP contribution is -2.30. The molecular weight excluding hydrogens is 419 g/mol. The van der Waals surface area contributed by atoms with Crippen molar-refractivity contribution in [2.75, 3.05) is 0 Å². The van der Waals surface area contributed by atoms with E-state index in [0.29, 0.717) is 5.56 Å². The first kappa shape index (κ1) is 21.2. The van der Waals surface area contributed by atoms with Gasteiger partial charge in [0.15, 0.2) is 17.6 Å². The Labute approximate surface area is 173 Å². The van der Waals surface area contributed by atoms with E-state index in [1.807, 2.05) is 0 Å². The fourth-order valence-electron chi connectivity index (χ4n) is 3.34. The zero-order chi connectivity index (χ0) is 22.3. The molecule has 2 aromatic heterocycles. The van der Waals surface area contributed by atoms with Crippen LogP contribution in [0.1, 0.15) is 34.8 Å². The zero-order valence-electron chi connectivity index (χ0n) is 16.1. The van der Waals surface area contributed by atoms with Gasteiger partial charge in [-0.15, -0.1) is 0 Å². The normalized spacial score (nSPS) is 23.9. The molecule has 3 aromatic rings. The Morgan fingerprint density at radius 1 is 1.16 bits per heavy atom. The number of halogens is 3. The first-order chi connectivity index (χ1) is 14.7. The van der Waals surface area contributed by atoms with E-state index >= 15 is 0 Å². The number of hydrogen-bond acceptors (Lipinski definition) is 7. The average Bonchev–Trinajstić information content (AvgIpc) is 3.28. The Morgan fingerprint density at radius 3 is 2.48 bits per heavy atom. The van der Waals surface area contributed by atoms with Crippen molar-refractivity contribution in [1.82, 2.24) is 24.8 Å². The molecule has 0 aliphatic carbocycles. The molecule has 0 bridgehead atoms. The van der Waals surface area contributed by atoms with Crippen LogP contribution in [0.25, 0.3) is 11.2 Å². The summed E-state index contributed by atoms with van der Waals surface area (Å²) in [6.07, 6.45) is -5.80. The predicted octanol–water partition coefficient (Wildman–Crippen LogP) is 1.41. The highest BCUT2D eigenvalue weighted by Gasteiger charge is 2.42. The zero-order valence-corrected chi connectivity index (χ0v) is 16.1. The highest BCUT2D eigenvalue weighted by Crippen LogP contribution is 2.31. The van der Waals surface area contributed by atoms with Crippen molar-refractivity contribution in [1.29, 1.82) is 0 Å². The third kappa shape index (κ3) is 3.96. The van der Waals surface area contributed by atoms with E-state index in [1.165, 1.54) is 23.0 Å². The molecule has 1 amide bonds. The van der Waals surface area contributed by atoms with Gasteiger partial charge in [0, 0.05) is 6.54 Å². The van der Waals surface area contributed by atoms with Gasteiger partial charge >= 0.3 is 6.18 Å². The number of alkyl halides is 3. The first-order valence-corrected chi connectivity index (χ1v) is 9.30. The first-order valence-electron chi connectivity index (χ1n) is 9.30. The molecule has 0 saturated carbocycles. The number of rotatable bonds is 4. The van der Waals surface area contributed by atoms with E-state index in [2.05, 4.69) is 20.3 Å². The summed E-state index contributed by atoms with van der Waals surface area (Å²) >= 11 is 0. The van der Waals surface area contributed by atoms with Gasteiger partial charge in [-0.2, -0.15) is 13.2 Å². The molecule has 4 atom stereocenters. The van der Waals surface area contributed by atoms with Crippen LogP contribution in [0, 0.1) is 0 Å². The number of aliphatic hydroxyl groups is 2. The van der Waals surface area contributed by atoms with Gasteiger partial charge in [-0.25, -0.2) is 15.0 Å². The summed E-state index contributed by atoms with van der Waals surface area (Å²) in [5.41, 5.74) is 0.0260. The molecule has 1 saturated heterocycles. The van der Waals surface area contributed by atoms with Gasteiger partial charge in [0.05, 0.1) is 18.0 Å². The summed E-state index contributed by atoms with van der Waals surface area (Å²) in [7, 11) is 0. The van der Waals surface area contributed by atoms with Gasteiger partial charge < -0.3 is 20.3 Å². The Morgan fingerprint density at radius 2 is 1.87 bits per heavy atom. The number of amides is 1. The molecular formula is C19H18F3N5O4. The second-order valence-electron chi connectivity index (χ2n) is 7.14. The number of carbonyl (C=O) groups excluding carboxylic acids is 1. The molecule has 9 nitrogen and oxygen atoms in total. The molecule has 12 heteroatoms. The molecule has 1 aliphatic heterocycles. The molecule has 1 fully saturated rings. The molecule has 1 aromatic carbocycles. The Bertz CT molecular complexity index is 1100. The van der Waals surface area contributed by atoms with Crippen LogP contribution in [0.15, 0.2) is 36.9 Å². The Balaban J connectivity index is 1.52. The summed E-state index contributed by atoms with van der Waals surface area (Å²) < 4.78 is 44.9. The summed E-state index contributed by atoms with van der Waals surface area (Å²) in [4.78, 5) is 24.8. The third-order valence-corrected chi connectivity index (χ3v) is 5.06. The number of imidazole rings is 1. The number of nitrogens with one attached hydrogen (secondary N) is 1. The predicted molar refractivity (Wildman–Crippen MR) is 99.5 cm³/mol. The SMILES string of the molecule is C[C@H]1O[C@@H](n2cnc3c(C(=O)NCc4ccc(C(F)(F)F)cc4)ncnc32)[C@H](O)[C@@H]1O. The monoisotopic (exact) mass is 437 g/mol. The fraction of sp³-hybridized carbons (Fsp3) is 0.368. The lowest BCUT2D eigenvalue weighted by Gasteiger charge is -2.16. The maximum absolute atomic E-state index is 12.7. The summed E-state index contributed by atoms with van der Waals surface area (Å²) in [6, 6.07) is 4.43. The van der Waals surface area contributed by atoms with Crippen LogP contribution in [-0.4, -0.2) is 54.0 Å². The van der Waals surface area contributed by atoms with Gasteiger partial charge in [-0.05, 0) is 24.6 Å². The largest absolute Gasteiger partial charge is 0.416 e. The molecule has 164 valence electrons. The van der Waals surface area contributed by atoms with Crippen LogP contribution >= 0.6 is 0 Å². The maximum Gasteiger partial charge on any atom is 0.416 e. The maximum atomic E-state index is 12.7. The number of aliphatic hydroxyl groups excluding tert-OH is 2. The minimum absolute atomic E-state index is 0.0165. The van der Waals surface area contributed by atoms with Crippen LogP contribution in [0.2, 0.25) is 0 Å². The Kier molecular flexibility index (Phi) is 5.37. The highest BCUT2D eigenvalue weighted by molar-refractivity contribution is 6.02. The third-order valence-electron chi connectivity index (χ3n) is 5.06. The number of ether oxygens (including phenoxy) is 1. The molecule has 4 rings (SSSR count). The quantitative estimate of drug-likeness (QED) is 0.564. The van der Waals surface area contributed by atoms with Crippen molar-refractivity contribution in [3.05, 3.63) is 53.7 Å². The number of carbonyl (C=O) groups is 1. The van der Waals surface area contributed by atoms with E-state index in [9.17, 15) is 28.2 Å². The number of nitrogens with zero attached hydrogens (tertiary/aromatic N) is 4. The van der Waals surface area contributed by atoms with E-state index in [0.717, 1.165) is 18.5 Å². The minimum Gasteiger partial charge on any atom is -0.388 e. The van der Waals surface area contributed by atoms with Gasteiger partial charge in [0.25, 0.3) is 5.91 Å². The highest BCUT2D eigenvalue weighted by atomic mass is 19.4. The lowest BCUT2D eigenvalue weighted by molar-refractivity contribution is -0.137. The van der Waals surface area contributed by atoms with Crippen molar-refractivity contribution < 1.29 is 32.9 Å². The summed E-state index contributed by atoms with van der Waals surface area (Å²) in [5, 5.41) is 22.7. The molecule has 3 heterocycles. The molecule has 1 aliphatic rings. The number of fused-ring (bicyclic) bond motifs is 1. The number of benzene rings is 1. The van der Waals surface area contributed by atoms with Crippen LogP contribution in [0.4, 0.5) is 13.2 Å². The Hall–Kier alpha value is -3.09. The van der Waals surface area contributed by atoms with Gasteiger partial charge in [-0.3, -0.25) is 9.36 Å². The topological polar surface area (TPSA) is 122 Å². The van der Waals surface area contributed by atoms with Crippen LogP contribution < -0.4 is 5.32 Å². The summed E-state index contributed by atoms with van der Waals surface area (Å²) in [5.74, 6) is -0.598. The molecule has 31 heavy (non-hydrogen) atoms. The minimum atomic E-state index is -4.43. The van der Waals surface area contributed by atoms with Crippen LogP contribution in [0.3, 0.4) is 0 Å². The second kappa shape index (κ2) is 7.87. The van der Waals surface area contributed by atoms with E-state index in [1.54, 1.807) is 6.92 Å². The van der Waals surface area contributed by atoms with E-state index in [-0.39, 0.29) is 23.4 Å². The molecule has 0 spiro atoms. The standard InChI is InChI=1S/C19H18F3N5O4/c1-9-14(28)15(29)18(31-9)27-8-26-12-13(24-7-25-16(12)27)17(30)23-6-10-2-4-11(5-3-10)19(20,21)22/h2-5,7-9,14-15,18,28-29H,6H2,1H3,(H,23,30)/t9-,14-,15-,18-/m1/s1. The van der Waals surface area contributed by atoms with Crippen molar-refractivity contribution >= 4 is 17.1 Å². The van der Waals surface area contributed by atoms with Crippen LogP contribution in [0.5, 0.6) is 0 Å². The van der Waals surface area contributed by atoms with Crippen molar-refractivity contribution in [2.24, 2.45) is 0 Å².